The Bertz CT molecular complexity index is 39.8. The number of hydrogen-bond donors (Lipinski definition) is 0. The van der Waals surface area contributed by atoms with Gasteiger partial charge in [-0.1, -0.05) is 20.3 Å². The van der Waals surface area contributed by atoms with Gasteiger partial charge in [-0.3, -0.25) is 0 Å². The van der Waals surface area contributed by atoms with E-state index in [2.05, 4.69) is 13.8 Å². The van der Waals surface area contributed by atoms with Crippen LogP contribution in [0.1, 0.15) is 34.1 Å². The van der Waals surface area contributed by atoms with Crippen molar-refractivity contribution in [2.45, 2.75) is 34.1 Å². The number of Topliss-reactive ketones (excluding diaryl/α,β-unsaturated/α-hetero) is 1. The fraction of sp³-hybridized carbons (Fsp3) is 0.833. The molecule has 0 unspecified atom stereocenters. The van der Waals surface area contributed by atoms with Crippen LogP contribution in [0.2, 0.25) is 0 Å². The molecule has 0 atom stereocenters. The maximum atomic E-state index is 9.44. The van der Waals surface area contributed by atoms with Crippen molar-refractivity contribution in [3.63, 3.8) is 0 Å². The monoisotopic (exact) mass is 116 g/mol. The number of carbonyl (C=O) groups is 1. The van der Waals surface area contributed by atoms with Crippen LogP contribution in [-0.4, -0.2) is 5.78 Å². The van der Waals surface area contributed by atoms with Gasteiger partial charge in [-0.2, -0.15) is 0 Å². The van der Waals surface area contributed by atoms with E-state index in [-0.39, 0.29) is 11.9 Å². The van der Waals surface area contributed by atoms with Crippen LogP contribution in [0.15, 0.2) is 0 Å². The molecule has 0 aliphatic rings. The molecule has 8 heavy (non-hydrogen) atoms. The molecule has 0 rings (SSSR count). The van der Waals surface area contributed by atoms with E-state index < -0.39 is 0 Å². The van der Waals surface area contributed by atoms with E-state index in [0.717, 1.165) is 0 Å². The topological polar surface area (TPSA) is 47.6 Å². The first-order valence-corrected chi connectivity index (χ1v) is 2.62. The van der Waals surface area contributed by atoms with Crippen LogP contribution in [0.4, 0.5) is 0 Å². The molecule has 0 aromatic heterocycles. The Kier molecular flexibility index (Phi) is 31.2. The summed E-state index contributed by atoms with van der Waals surface area (Å²) in [6.07, 6.45) is 1.25. The molecular weight excluding hydrogens is 102 g/mol. The zero-order valence-corrected chi connectivity index (χ0v) is 6.06. The molecule has 2 nitrogen and oxygen atoms in total. The van der Waals surface area contributed by atoms with Crippen molar-refractivity contribution in [3.8, 4) is 0 Å². The van der Waals surface area contributed by atoms with Gasteiger partial charge in [0.05, 0.1) is 0 Å². The lowest BCUT2D eigenvalue weighted by Gasteiger charge is -1.56. The molecule has 0 heterocycles. The van der Waals surface area contributed by atoms with Gasteiger partial charge in [-0.25, -0.2) is 0 Å². The second-order valence-electron chi connectivity index (χ2n) is 1.62. The highest BCUT2D eigenvalue weighted by Gasteiger charge is 1.62. The molecule has 0 saturated carbocycles. The summed E-state index contributed by atoms with van der Waals surface area (Å²) < 4.78 is 0. The van der Waals surface area contributed by atoms with E-state index in [9.17, 15) is 4.79 Å². The summed E-state index contributed by atoms with van der Waals surface area (Å²) in [5.74, 6) is 0.167. The molecule has 0 spiro atoms. The summed E-state index contributed by atoms with van der Waals surface area (Å²) in [6, 6.07) is 0. The smallest absolute Gasteiger partial charge is 0.126 e. The lowest BCUT2D eigenvalue weighted by Crippen LogP contribution is -1.69. The first-order chi connectivity index (χ1) is 3.15. The van der Waals surface area contributed by atoms with Gasteiger partial charge >= 0.3 is 0 Å². The largest absolute Gasteiger partial charge is 0.300 e. The van der Waals surface area contributed by atoms with E-state index in [0.29, 0.717) is 0 Å². The van der Waals surface area contributed by atoms with E-state index in [1.807, 2.05) is 0 Å². The Morgan fingerprint density at radius 2 is 1.25 bits per heavy atom. The lowest BCUT2D eigenvalue weighted by molar-refractivity contribution is -0.114. The second-order valence-corrected chi connectivity index (χ2v) is 1.62. The van der Waals surface area contributed by atoms with Gasteiger partial charge in [0.2, 0.25) is 0 Å². The Morgan fingerprint density at radius 3 is 1.25 bits per heavy atom. The average Bonchev–Trinajstić information content (AvgIpc) is 1.33. The molecule has 0 aromatic rings. The Labute approximate surface area is 51.9 Å². The minimum absolute atomic E-state index is 0. The quantitative estimate of drug-likeness (QED) is 0.473. The van der Waals surface area contributed by atoms with Gasteiger partial charge in [0, 0.05) is 6.15 Å². The van der Waals surface area contributed by atoms with Gasteiger partial charge in [0.15, 0.2) is 0 Å². The second kappa shape index (κ2) is 15.9. The molecule has 0 fully saturated rings. The van der Waals surface area contributed by atoms with Crippen molar-refractivity contribution in [2.24, 2.45) is 0 Å². The fourth-order valence-electron chi connectivity index (χ4n) is 0. The summed E-state index contributed by atoms with van der Waals surface area (Å²) in [5.41, 5.74) is 0. The molecule has 0 bridgehead atoms. The maximum absolute atomic E-state index is 9.44. The van der Waals surface area contributed by atoms with Crippen LogP contribution >= 0.6 is 0 Å². The molecular formula is C6H14NO. The van der Waals surface area contributed by atoms with Crippen LogP contribution in [0.5, 0.6) is 0 Å². The third-order valence-electron chi connectivity index (χ3n) is 0. The minimum Gasteiger partial charge on any atom is -0.300 e. The number of carbonyl (C=O) groups excluding carboxylic acids is 1. The van der Waals surface area contributed by atoms with Crippen LogP contribution in [0, 0.1) is 0 Å². The summed E-state index contributed by atoms with van der Waals surface area (Å²) in [7, 11) is 0. The molecule has 0 aliphatic carbocycles. The van der Waals surface area contributed by atoms with E-state index in [1.54, 1.807) is 0 Å². The minimum atomic E-state index is 0. The Balaban J connectivity index is -0.0000000575. The standard InChI is InChI=1S/C3H6O.C3H8.N/c1-3(2)4;1-3-2;/h1-2H3;3H2,1-2H3;. The molecule has 0 amide bonds. The number of rotatable bonds is 0. The normalized spacial score (nSPS) is 5.50. The van der Waals surface area contributed by atoms with Crippen molar-refractivity contribution in [1.29, 1.82) is 0 Å². The zero-order chi connectivity index (χ0) is 6.28. The Hall–Kier alpha value is -0.370. The lowest BCUT2D eigenvalue weighted by atomic mass is 10.6. The number of hydrogen-bond acceptors (Lipinski definition) is 1. The molecule has 0 saturated heterocycles. The van der Waals surface area contributed by atoms with Crippen molar-refractivity contribution < 1.29 is 4.79 Å². The summed E-state index contributed by atoms with van der Waals surface area (Å²) in [5, 5.41) is 0. The molecule has 3 radical (unpaired) electrons. The average molecular weight is 116 g/mol. The summed E-state index contributed by atoms with van der Waals surface area (Å²) in [4.78, 5) is 9.44. The van der Waals surface area contributed by atoms with Crippen LogP contribution in [0.25, 0.3) is 0 Å². The molecule has 0 aromatic carbocycles. The first kappa shape index (κ1) is 15.6. The highest BCUT2D eigenvalue weighted by atomic mass is 16.1. The van der Waals surface area contributed by atoms with Crippen LogP contribution in [0.3, 0.4) is 0 Å². The number of nitrogens with zero attached hydrogens (tertiary/aromatic N) is 1. The van der Waals surface area contributed by atoms with Crippen LogP contribution < -0.4 is 6.15 Å². The third-order valence-corrected chi connectivity index (χ3v) is 0. The van der Waals surface area contributed by atoms with Gasteiger partial charge < -0.3 is 4.79 Å². The Morgan fingerprint density at radius 1 is 1.25 bits per heavy atom. The van der Waals surface area contributed by atoms with Gasteiger partial charge in [0.1, 0.15) is 5.78 Å². The van der Waals surface area contributed by atoms with Gasteiger partial charge in [-0.05, 0) is 13.8 Å². The summed E-state index contributed by atoms with van der Waals surface area (Å²) >= 11 is 0. The third kappa shape index (κ3) is 882. The van der Waals surface area contributed by atoms with Crippen molar-refractivity contribution in [1.82, 2.24) is 6.15 Å². The highest BCUT2D eigenvalue weighted by molar-refractivity contribution is 5.72. The fourth-order valence-corrected chi connectivity index (χ4v) is 0. The molecule has 49 valence electrons. The molecule has 2 heteroatoms. The van der Waals surface area contributed by atoms with Crippen LogP contribution in [-0.2, 0) is 4.79 Å². The van der Waals surface area contributed by atoms with Crippen molar-refractivity contribution in [3.05, 3.63) is 0 Å². The van der Waals surface area contributed by atoms with Crippen molar-refractivity contribution in [2.75, 3.05) is 0 Å². The first-order valence-electron chi connectivity index (χ1n) is 2.62. The summed E-state index contributed by atoms with van der Waals surface area (Å²) in [6.45, 7) is 7.31. The van der Waals surface area contributed by atoms with Gasteiger partial charge in [-0.15, -0.1) is 0 Å². The maximum Gasteiger partial charge on any atom is 0.126 e. The van der Waals surface area contributed by atoms with E-state index in [4.69, 9.17) is 0 Å². The van der Waals surface area contributed by atoms with E-state index >= 15 is 0 Å². The number of ketones is 1. The van der Waals surface area contributed by atoms with Crippen molar-refractivity contribution >= 4 is 5.78 Å². The SMILES string of the molecule is CC(C)=O.CCC.[N]. The zero-order valence-electron chi connectivity index (χ0n) is 6.06. The molecule has 0 aliphatic heterocycles. The predicted octanol–water partition coefficient (Wildman–Crippen LogP) is 1.53. The molecule has 0 N–H and O–H groups in total. The highest BCUT2D eigenvalue weighted by Crippen LogP contribution is 1.56. The van der Waals surface area contributed by atoms with Gasteiger partial charge in [0.25, 0.3) is 0 Å². The predicted molar refractivity (Wildman–Crippen MR) is 34.5 cm³/mol. The van der Waals surface area contributed by atoms with E-state index in [1.165, 1.54) is 20.3 Å².